The minimum atomic E-state index is -0.236. The van der Waals surface area contributed by atoms with Gasteiger partial charge in [0.2, 0.25) is 0 Å². The number of para-hydroxylation sites is 1. The average molecular weight is 216 g/mol. The Labute approximate surface area is 92.9 Å². The number of nitrogens with one attached hydrogen (secondary N) is 1. The Morgan fingerprint density at radius 2 is 2.06 bits per heavy atom. The van der Waals surface area contributed by atoms with Gasteiger partial charge in [-0.2, -0.15) is 5.10 Å². The van der Waals surface area contributed by atoms with Crippen LogP contribution >= 0.6 is 0 Å². The Hall–Kier alpha value is -2.30. The summed E-state index contributed by atoms with van der Waals surface area (Å²) in [7, 11) is 1.56. The fourth-order valence-electron chi connectivity index (χ4n) is 1.44. The molecule has 1 aromatic carbocycles. The van der Waals surface area contributed by atoms with Gasteiger partial charge in [-0.1, -0.05) is 18.2 Å². The molecule has 1 aromatic heterocycles. The zero-order valence-corrected chi connectivity index (χ0v) is 8.84. The van der Waals surface area contributed by atoms with Gasteiger partial charge in [-0.15, -0.1) is 0 Å². The summed E-state index contributed by atoms with van der Waals surface area (Å²) in [6.07, 6.45) is 1.46. The largest absolute Gasteiger partial charge is 0.383 e. The van der Waals surface area contributed by atoms with Crippen LogP contribution in [0.25, 0.3) is 5.69 Å². The number of nitrogens with zero attached hydrogens (tertiary/aromatic N) is 2. The zero-order valence-electron chi connectivity index (χ0n) is 8.84. The SMILES string of the molecule is CNC(=O)c1cnn(-c2ccccc2)c1N. The second kappa shape index (κ2) is 4.06. The maximum atomic E-state index is 11.4. The molecule has 0 aliphatic carbocycles. The van der Waals surface area contributed by atoms with Gasteiger partial charge in [0.15, 0.2) is 0 Å². The number of rotatable bonds is 2. The number of aromatic nitrogens is 2. The molecule has 82 valence electrons. The first-order valence-corrected chi connectivity index (χ1v) is 4.85. The summed E-state index contributed by atoms with van der Waals surface area (Å²) in [5.74, 6) is 0.102. The molecule has 0 bridgehead atoms. The molecule has 1 amide bonds. The van der Waals surface area contributed by atoms with Crippen molar-refractivity contribution in [1.29, 1.82) is 0 Å². The minimum absolute atomic E-state index is 0.236. The summed E-state index contributed by atoms with van der Waals surface area (Å²) in [5, 5.41) is 6.60. The first-order chi connectivity index (χ1) is 7.74. The minimum Gasteiger partial charge on any atom is -0.383 e. The van der Waals surface area contributed by atoms with Crippen LogP contribution in [0.2, 0.25) is 0 Å². The van der Waals surface area contributed by atoms with Gasteiger partial charge in [0.25, 0.3) is 5.91 Å². The van der Waals surface area contributed by atoms with Crippen LogP contribution in [0.3, 0.4) is 0 Å². The highest BCUT2D eigenvalue weighted by Crippen LogP contribution is 2.16. The van der Waals surface area contributed by atoms with Crippen LogP contribution in [0.5, 0.6) is 0 Å². The van der Waals surface area contributed by atoms with Crippen LogP contribution in [-0.2, 0) is 0 Å². The number of hydrogen-bond acceptors (Lipinski definition) is 3. The first-order valence-electron chi connectivity index (χ1n) is 4.85. The standard InChI is InChI=1S/C11H12N4O/c1-13-11(16)9-7-14-15(10(9)12)8-5-3-2-4-6-8/h2-7H,12H2,1H3,(H,13,16). The summed E-state index contributed by atoms with van der Waals surface area (Å²) < 4.78 is 1.53. The molecular weight excluding hydrogens is 204 g/mol. The van der Waals surface area contributed by atoms with Gasteiger partial charge < -0.3 is 11.1 Å². The average Bonchev–Trinajstić information content (AvgIpc) is 2.71. The molecule has 0 saturated carbocycles. The van der Waals surface area contributed by atoms with Crippen molar-refractivity contribution < 1.29 is 4.79 Å². The van der Waals surface area contributed by atoms with Crippen LogP contribution in [0.1, 0.15) is 10.4 Å². The number of anilines is 1. The number of benzene rings is 1. The molecule has 2 rings (SSSR count). The summed E-state index contributed by atoms with van der Waals surface area (Å²) in [6.45, 7) is 0. The van der Waals surface area contributed by atoms with Crippen LogP contribution in [-0.4, -0.2) is 22.7 Å². The molecule has 16 heavy (non-hydrogen) atoms. The van der Waals surface area contributed by atoms with Gasteiger partial charge in [-0.25, -0.2) is 4.68 Å². The van der Waals surface area contributed by atoms with E-state index < -0.39 is 0 Å². The molecule has 5 heteroatoms. The summed E-state index contributed by atoms with van der Waals surface area (Å²) in [6, 6.07) is 9.42. The smallest absolute Gasteiger partial charge is 0.256 e. The lowest BCUT2D eigenvalue weighted by molar-refractivity contribution is 0.0964. The second-order valence-electron chi connectivity index (χ2n) is 3.27. The van der Waals surface area contributed by atoms with Crippen LogP contribution in [0, 0.1) is 0 Å². The summed E-state index contributed by atoms with van der Waals surface area (Å²) in [5.41, 5.74) is 7.06. The lowest BCUT2D eigenvalue weighted by atomic mass is 10.3. The van der Waals surface area contributed by atoms with Crippen LogP contribution < -0.4 is 11.1 Å². The van der Waals surface area contributed by atoms with Crippen molar-refractivity contribution in [3.05, 3.63) is 42.1 Å². The molecule has 5 nitrogen and oxygen atoms in total. The molecule has 0 saturated heterocycles. The fraction of sp³-hybridized carbons (Fsp3) is 0.0909. The zero-order chi connectivity index (χ0) is 11.5. The van der Waals surface area contributed by atoms with Crippen molar-refractivity contribution in [1.82, 2.24) is 15.1 Å². The highest BCUT2D eigenvalue weighted by Gasteiger charge is 2.14. The summed E-state index contributed by atoms with van der Waals surface area (Å²) in [4.78, 5) is 11.4. The van der Waals surface area contributed by atoms with Crippen LogP contribution in [0.15, 0.2) is 36.5 Å². The number of nitrogen functional groups attached to an aromatic ring is 1. The Bertz CT molecular complexity index is 504. The van der Waals surface area contributed by atoms with E-state index >= 15 is 0 Å². The third-order valence-electron chi connectivity index (χ3n) is 2.28. The van der Waals surface area contributed by atoms with E-state index in [9.17, 15) is 4.79 Å². The van der Waals surface area contributed by atoms with Crippen LogP contribution in [0.4, 0.5) is 5.82 Å². The highest BCUT2D eigenvalue weighted by atomic mass is 16.1. The van der Waals surface area contributed by atoms with Gasteiger partial charge in [0.1, 0.15) is 11.4 Å². The monoisotopic (exact) mass is 216 g/mol. The van der Waals surface area contributed by atoms with E-state index in [0.29, 0.717) is 11.4 Å². The molecule has 0 fully saturated rings. The molecule has 0 spiro atoms. The molecule has 0 aliphatic rings. The molecule has 3 N–H and O–H groups in total. The highest BCUT2D eigenvalue weighted by molar-refractivity contribution is 5.98. The number of amides is 1. The Balaban J connectivity index is 2.45. The molecule has 0 aliphatic heterocycles. The first kappa shape index (κ1) is 10.2. The van der Waals surface area contributed by atoms with Crippen molar-refractivity contribution in [2.24, 2.45) is 0 Å². The van der Waals surface area contributed by atoms with Crippen molar-refractivity contribution in [2.75, 3.05) is 12.8 Å². The van der Waals surface area contributed by atoms with Gasteiger partial charge in [0.05, 0.1) is 11.9 Å². The van der Waals surface area contributed by atoms with E-state index in [2.05, 4.69) is 10.4 Å². The third-order valence-corrected chi connectivity index (χ3v) is 2.28. The molecule has 0 radical (unpaired) electrons. The van der Waals surface area contributed by atoms with Gasteiger partial charge in [0, 0.05) is 7.05 Å². The number of hydrogen-bond donors (Lipinski definition) is 2. The Kier molecular flexibility index (Phi) is 2.59. The van der Waals surface area contributed by atoms with E-state index in [1.807, 2.05) is 30.3 Å². The van der Waals surface area contributed by atoms with E-state index in [-0.39, 0.29) is 5.91 Å². The maximum Gasteiger partial charge on any atom is 0.256 e. The molecule has 0 unspecified atom stereocenters. The molecule has 2 aromatic rings. The number of nitrogens with two attached hydrogens (primary N) is 1. The molecule has 1 heterocycles. The number of carbonyl (C=O) groups is 1. The molecular formula is C11H12N4O. The Morgan fingerprint density at radius 1 is 1.38 bits per heavy atom. The van der Waals surface area contributed by atoms with Crippen molar-refractivity contribution in [2.45, 2.75) is 0 Å². The normalized spacial score (nSPS) is 10.1. The lowest BCUT2D eigenvalue weighted by Gasteiger charge is -2.04. The van der Waals surface area contributed by atoms with Gasteiger partial charge in [-0.3, -0.25) is 4.79 Å². The lowest BCUT2D eigenvalue weighted by Crippen LogP contribution is -2.19. The maximum absolute atomic E-state index is 11.4. The fourth-order valence-corrected chi connectivity index (χ4v) is 1.44. The quantitative estimate of drug-likeness (QED) is 0.780. The number of carbonyl (C=O) groups excluding carboxylic acids is 1. The van der Waals surface area contributed by atoms with E-state index in [4.69, 9.17) is 5.73 Å². The van der Waals surface area contributed by atoms with Crippen molar-refractivity contribution in [3.8, 4) is 5.69 Å². The predicted molar refractivity (Wildman–Crippen MR) is 61.4 cm³/mol. The predicted octanol–water partition coefficient (Wildman–Crippen LogP) is 0.814. The van der Waals surface area contributed by atoms with Crippen molar-refractivity contribution in [3.63, 3.8) is 0 Å². The van der Waals surface area contributed by atoms with Gasteiger partial charge >= 0.3 is 0 Å². The van der Waals surface area contributed by atoms with Gasteiger partial charge in [-0.05, 0) is 12.1 Å². The molecule has 0 atom stereocenters. The summed E-state index contributed by atoms with van der Waals surface area (Å²) >= 11 is 0. The van der Waals surface area contributed by atoms with E-state index in [1.54, 1.807) is 7.05 Å². The van der Waals surface area contributed by atoms with E-state index in [1.165, 1.54) is 10.9 Å². The second-order valence-corrected chi connectivity index (χ2v) is 3.27. The van der Waals surface area contributed by atoms with E-state index in [0.717, 1.165) is 5.69 Å². The van der Waals surface area contributed by atoms with Crippen molar-refractivity contribution >= 4 is 11.7 Å². The topological polar surface area (TPSA) is 72.9 Å². The Morgan fingerprint density at radius 3 is 2.69 bits per heavy atom. The third kappa shape index (κ3) is 1.63.